The van der Waals surface area contributed by atoms with E-state index < -0.39 is 0 Å². The second-order valence-electron chi connectivity index (χ2n) is 6.26. The Labute approximate surface area is 157 Å². The number of hydrogen-bond acceptors (Lipinski definition) is 5. The normalized spacial score (nSPS) is 11.0. The number of aromatic nitrogens is 6. The van der Waals surface area contributed by atoms with E-state index in [1.807, 2.05) is 61.0 Å². The van der Waals surface area contributed by atoms with Gasteiger partial charge in [-0.2, -0.15) is 10.2 Å². The molecule has 0 unspecified atom stereocenters. The lowest BCUT2D eigenvalue weighted by Gasteiger charge is -2.04. The molecule has 0 aliphatic heterocycles. The molecule has 27 heavy (non-hydrogen) atoms. The van der Waals surface area contributed by atoms with E-state index in [4.69, 9.17) is 4.74 Å². The summed E-state index contributed by atoms with van der Waals surface area (Å²) in [4.78, 5) is 9.09. The van der Waals surface area contributed by atoms with Crippen LogP contribution in [0.15, 0.2) is 61.4 Å². The van der Waals surface area contributed by atoms with E-state index >= 15 is 0 Å². The van der Waals surface area contributed by atoms with Gasteiger partial charge in [0.2, 0.25) is 0 Å². The van der Waals surface area contributed by atoms with Crippen molar-refractivity contribution in [2.45, 2.75) is 6.54 Å². The van der Waals surface area contributed by atoms with Crippen LogP contribution in [0.1, 0.15) is 0 Å². The Hall–Kier alpha value is -3.32. The number of aryl methyl sites for hydroxylation is 1. The van der Waals surface area contributed by atoms with Gasteiger partial charge in [0.05, 0.1) is 25.5 Å². The van der Waals surface area contributed by atoms with Gasteiger partial charge in [0.1, 0.15) is 0 Å². The SMILES string of the molecule is COCCn1cc(-c2cnc(-c3cccc(-c4cnn(C)c4)c3)nc2)cn1. The summed E-state index contributed by atoms with van der Waals surface area (Å²) in [6.07, 6.45) is 11.3. The van der Waals surface area contributed by atoms with Crippen molar-refractivity contribution in [2.75, 3.05) is 13.7 Å². The van der Waals surface area contributed by atoms with Crippen LogP contribution in [0.5, 0.6) is 0 Å². The van der Waals surface area contributed by atoms with Gasteiger partial charge in [-0.3, -0.25) is 9.36 Å². The van der Waals surface area contributed by atoms with Gasteiger partial charge in [-0.15, -0.1) is 0 Å². The molecule has 1 aromatic carbocycles. The van der Waals surface area contributed by atoms with Crippen molar-refractivity contribution in [1.82, 2.24) is 29.5 Å². The fourth-order valence-corrected chi connectivity index (χ4v) is 2.85. The van der Waals surface area contributed by atoms with Crippen LogP contribution in [0.2, 0.25) is 0 Å². The van der Waals surface area contributed by atoms with E-state index in [2.05, 4.69) is 32.3 Å². The van der Waals surface area contributed by atoms with Crippen molar-refractivity contribution >= 4 is 0 Å². The monoisotopic (exact) mass is 360 g/mol. The Morgan fingerprint density at radius 1 is 0.852 bits per heavy atom. The van der Waals surface area contributed by atoms with Gasteiger partial charge in [-0.05, 0) is 11.6 Å². The van der Waals surface area contributed by atoms with Crippen molar-refractivity contribution in [3.05, 3.63) is 61.4 Å². The number of benzene rings is 1. The summed E-state index contributed by atoms with van der Waals surface area (Å²) in [7, 11) is 3.59. The molecular weight excluding hydrogens is 340 g/mol. The van der Waals surface area contributed by atoms with Gasteiger partial charge in [-0.1, -0.05) is 18.2 Å². The number of ether oxygens (including phenoxy) is 1. The van der Waals surface area contributed by atoms with Crippen LogP contribution in [0.25, 0.3) is 33.6 Å². The minimum absolute atomic E-state index is 0.629. The standard InChI is InChI=1S/C20H20N6O/c1-25-13-18(11-23-25)15-4-3-5-16(8-15)20-21-9-17(10-22-20)19-12-24-26(14-19)6-7-27-2/h3-5,8-14H,6-7H2,1-2H3. The third-order valence-electron chi connectivity index (χ3n) is 4.30. The first-order valence-electron chi connectivity index (χ1n) is 8.66. The van der Waals surface area contributed by atoms with E-state index in [1.165, 1.54) is 0 Å². The summed E-state index contributed by atoms with van der Waals surface area (Å²) >= 11 is 0. The predicted molar refractivity (Wildman–Crippen MR) is 103 cm³/mol. The van der Waals surface area contributed by atoms with Crippen LogP contribution in [0, 0.1) is 0 Å². The lowest BCUT2D eigenvalue weighted by molar-refractivity contribution is 0.183. The Morgan fingerprint density at radius 3 is 2.33 bits per heavy atom. The molecule has 0 spiro atoms. The van der Waals surface area contributed by atoms with Gasteiger partial charge in [0.15, 0.2) is 5.82 Å². The third-order valence-corrected chi connectivity index (χ3v) is 4.30. The van der Waals surface area contributed by atoms with Gasteiger partial charge < -0.3 is 4.74 Å². The first-order chi connectivity index (χ1) is 13.2. The van der Waals surface area contributed by atoms with Crippen LogP contribution in [-0.4, -0.2) is 43.2 Å². The maximum absolute atomic E-state index is 5.08. The van der Waals surface area contributed by atoms with Crippen molar-refractivity contribution in [1.29, 1.82) is 0 Å². The second kappa shape index (κ2) is 7.51. The zero-order valence-electron chi connectivity index (χ0n) is 15.3. The Bertz CT molecular complexity index is 1030. The van der Waals surface area contributed by atoms with E-state index in [1.54, 1.807) is 11.8 Å². The smallest absolute Gasteiger partial charge is 0.159 e. The number of nitrogens with zero attached hydrogens (tertiary/aromatic N) is 6. The minimum Gasteiger partial charge on any atom is -0.383 e. The largest absolute Gasteiger partial charge is 0.383 e. The summed E-state index contributed by atoms with van der Waals surface area (Å²) in [6, 6.07) is 8.16. The molecule has 0 saturated carbocycles. The summed E-state index contributed by atoms with van der Waals surface area (Å²) in [5.74, 6) is 0.691. The molecule has 7 nitrogen and oxygen atoms in total. The molecule has 0 aliphatic carbocycles. The highest BCUT2D eigenvalue weighted by atomic mass is 16.5. The van der Waals surface area contributed by atoms with Crippen LogP contribution in [0.4, 0.5) is 0 Å². The molecule has 3 heterocycles. The average Bonchev–Trinajstić information content (AvgIpc) is 3.36. The Morgan fingerprint density at radius 2 is 1.59 bits per heavy atom. The van der Waals surface area contributed by atoms with Crippen LogP contribution >= 0.6 is 0 Å². The summed E-state index contributed by atoms with van der Waals surface area (Å²) in [5, 5.41) is 8.56. The van der Waals surface area contributed by atoms with Gasteiger partial charge in [-0.25, -0.2) is 9.97 Å². The van der Waals surface area contributed by atoms with Crippen LogP contribution < -0.4 is 0 Å². The molecule has 0 saturated heterocycles. The molecule has 0 amide bonds. The summed E-state index contributed by atoms with van der Waals surface area (Å²) < 4.78 is 8.72. The maximum Gasteiger partial charge on any atom is 0.159 e. The molecule has 3 aromatic heterocycles. The molecule has 0 fully saturated rings. The van der Waals surface area contributed by atoms with E-state index in [9.17, 15) is 0 Å². The quantitative estimate of drug-likeness (QED) is 0.528. The van der Waals surface area contributed by atoms with Crippen LogP contribution in [0.3, 0.4) is 0 Å². The molecule has 0 N–H and O–H groups in total. The molecule has 0 bridgehead atoms. The number of hydrogen-bond donors (Lipinski definition) is 0. The average molecular weight is 360 g/mol. The summed E-state index contributed by atoms with van der Waals surface area (Å²) in [6.45, 7) is 1.35. The molecule has 7 heteroatoms. The van der Waals surface area contributed by atoms with Gasteiger partial charge in [0.25, 0.3) is 0 Å². The topological polar surface area (TPSA) is 70.7 Å². The molecule has 4 aromatic rings. The fourth-order valence-electron chi connectivity index (χ4n) is 2.85. The van der Waals surface area contributed by atoms with E-state index in [0.717, 1.165) is 34.4 Å². The molecule has 136 valence electrons. The number of rotatable bonds is 6. The highest BCUT2D eigenvalue weighted by Crippen LogP contribution is 2.25. The molecular formula is C20H20N6O. The Balaban J connectivity index is 1.56. The van der Waals surface area contributed by atoms with Gasteiger partial charge in [0, 0.05) is 61.2 Å². The highest BCUT2D eigenvalue weighted by molar-refractivity contribution is 5.70. The zero-order chi connectivity index (χ0) is 18.6. The van der Waals surface area contributed by atoms with Crippen molar-refractivity contribution in [3.8, 4) is 33.6 Å². The number of methoxy groups -OCH3 is 1. The lowest BCUT2D eigenvalue weighted by atomic mass is 10.1. The van der Waals surface area contributed by atoms with Crippen LogP contribution in [-0.2, 0) is 18.3 Å². The third kappa shape index (κ3) is 3.78. The van der Waals surface area contributed by atoms with Crippen molar-refractivity contribution in [3.63, 3.8) is 0 Å². The molecule has 0 atom stereocenters. The predicted octanol–water partition coefficient (Wildman–Crippen LogP) is 3.05. The Kier molecular flexibility index (Phi) is 4.76. The summed E-state index contributed by atoms with van der Waals surface area (Å²) in [5.41, 5.74) is 5.05. The highest BCUT2D eigenvalue weighted by Gasteiger charge is 2.07. The second-order valence-corrected chi connectivity index (χ2v) is 6.26. The first-order valence-corrected chi connectivity index (χ1v) is 8.66. The zero-order valence-corrected chi connectivity index (χ0v) is 15.3. The van der Waals surface area contributed by atoms with Crippen molar-refractivity contribution in [2.24, 2.45) is 7.05 Å². The first kappa shape index (κ1) is 17.1. The van der Waals surface area contributed by atoms with Crippen molar-refractivity contribution < 1.29 is 4.74 Å². The van der Waals surface area contributed by atoms with E-state index in [-0.39, 0.29) is 0 Å². The molecule has 4 rings (SSSR count). The minimum atomic E-state index is 0.629. The maximum atomic E-state index is 5.08. The molecule has 0 aliphatic rings. The van der Waals surface area contributed by atoms with E-state index in [0.29, 0.717) is 12.4 Å². The lowest BCUT2D eigenvalue weighted by Crippen LogP contribution is -2.03. The fraction of sp³-hybridized carbons (Fsp3) is 0.200. The van der Waals surface area contributed by atoms with Gasteiger partial charge >= 0.3 is 0 Å². The molecule has 0 radical (unpaired) electrons.